The first-order valence-corrected chi connectivity index (χ1v) is 15.5. The van der Waals surface area contributed by atoms with E-state index in [1.54, 1.807) is 12.1 Å². The Labute approximate surface area is 264 Å². The molecule has 0 saturated carbocycles. The van der Waals surface area contributed by atoms with E-state index in [1.165, 1.54) is 12.1 Å². The highest BCUT2D eigenvalue weighted by atomic mass is 19.1. The lowest BCUT2D eigenvalue weighted by Gasteiger charge is -2.48. The smallest absolute Gasteiger partial charge is 0.489 e. The number of para-hydroxylation sites is 1. The van der Waals surface area contributed by atoms with E-state index in [1.807, 2.05) is 111 Å². The first-order valence-electron chi connectivity index (χ1n) is 15.5. The molecule has 8 heteroatoms. The van der Waals surface area contributed by atoms with Gasteiger partial charge in [0, 0.05) is 11.3 Å². The maximum atomic E-state index is 13.8. The van der Waals surface area contributed by atoms with Gasteiger partial charge in [0.15, 0.2) is 0 Å². The summed E-state index contributed by atoms with van der Waals surface area (Å²) in [7, 11) is -0.571. The molecule has 0 unspecified atom stereocenters. The number of amides is 1. The molecule has 2 heterocycles. The number of halogens is 1. The Morgan fingerprint density at radius 1 is 0.889 bits per heavy atom. The normalized spacial score (nSPS) is 21.0. The predicted octanol–water partition coefficient (Wildman–Crippen LogP) is 6.92. The topological polar surface area (TPSA) is 68.2 Å². The highest BCUT2D eigenvalue weighted by Crippen LogP contribution is 2.49. The predicted molar refractivity (Wildman–Crippen MR) is 174 cm³/mol. The Hall–Kier alpha value is -3.98. The van der Waals surface area contributed by atoms with Crippen molar-refractivity contribution in [2.45, 2.75) is 70.5 Å². The quantitative estimate of drug-likeness (QED) is 0.157. The summed E-state index contributed by atoms with van der Waals surface area (Å²) < 4.78 is 32.7. The lowest BCUT2D eigenvalue weighted by molar-refractivity contribution is -0.131. The molecule has 3 atom stereocenters. The maximum Gasteiger partial charge on any atom is 0.494 e. The summed E-state index contributed by atoms with van der Waals surface area (Å²) in [5.74, 6) is -0.108. The molecule has 45 heavy (non-hydrogen) atoms. The van der Waals surface area contributed by atoms with Gasteiger partial charge in [-0.05, 0) is 87.5 Å². The lowest BCUT2D eigenvalue weighted by Crippen LogP contribution is -2.55. The van der Waals surface area contributed by atoms with Crippen molar-refractivity contribution in [2.24, 2.45) is 5.92 Å². The molecule has 1 N–H and O–H groups in total. The van der Waals surface area contributed by atoms with E-state index in [0.29, 0.717) is 30.8 Å². The fourth-order valence-electron chi connectivity index (χ4n) is 6.03. The molecular weight excluding hydrogens is 568 g/mol. The Morgan fingerprint density at radius 2 is 1.51 bits per heavy atom. The molecule has 4 aromatic carbocycles. The highest BCUT2D eigenvalue weighted by molar-refractivity contribution is 6.62. The van der Waals surface area contributed by atoms with Crippen molar-refractivity contribution in [1.82, 2.24) is 0 Å². The molecule has 0 aromatic heterocycles. The highest BCUT2D eigenvalue weighted by Gasteiger charge is 2.53. The van der Waals surface area contributed by atoms with Gasteiger partial charge in [-0.25, -0.2) is 4.39 Å². The van der Waals surface area contributed by atoms with E-state index in [4.69, 9.17) is 14.0 Å². The van der Waals surface area contributed by atoms with Crippen molar-refractivity contribution in [3.63, 3.8) is 0 Å². The number of carbonyl (C=O) groups excluding carboxylic acids is 1. The van der Waals surface area contributed by atoms with Crippen LogP contribution in [0.2, 0.25) is 0 Å². The molecule has 2 aliphatic heterocycles. The molecule has 2 saturated heterocycles. The summed E-state index contributed by atoms with van der Waals surface area (Å²) in [5.41, 5.74) is 3.15. The second kappa shape index (κ2) is 12.4. The average molecular weight is 608 g/mol. The van der Waals surface area contributed by atoms with Gasteiger partial charge in [-0.3, -0.25) is 4.79 Å². The summed E-state index contributed by atoms with van der Waals surface area (Å²) in [6, 6.07) is 31.1. The van der Waals surface area contributed by atoms with E-state index in [2.05, 4.69) is 0 Å². The molecule has 0 radical (unpaired) electrons. The Morgan fingerprint density at radius 3 is 2.16 bits per heavy atom. The summed E-state index contributed by atoms with van der Waals surface area (Å²) in [6.45, 7) is 8.45. The van der Waals surface area contributed by atoms with Crippen LogP contribution in [-0.4, -0.2) is 29.3 Å². The molecule has 232 valence electrons. The van der Waals surface area contributed by atoms with Gasteiger partial charge in [-0.1, -0.05) is 72.8 Å². The van der Waals surface area contributed by atoms with Crippen LogP contribution in [0.25, 0.3) is 0 Å². The van der Waals surface area contributed by atoms with Gasteiger partial charge >= 0.3 is 7.12 Å². The zero-order valence-corrected chi connectivity index (χ0v) is 26.2. The van der Waals surface area contributed by atoms with E-state index in [0.717, 1.165) is 22.3 Å². The van der Waals surface area contributed by atoms with E-state index < -0.39 is 24.4 Å². The number of β-lactam (4-membered cyclic amide) rings is 1. The van der Waals surface area contributed by atoms with E-state index in [-0.39, 0.29) is 23.7 Å². The molecule has 2 aliphatic rings. The van der Waals surface area contributed by atoms with Gasteiger partial charge in [0.25, 0.3) is 0 Å². The van der Waals surface area contributed by atoms with Crippen LogP contribution >= 0.6 is 0 Å². The third-order valence-electron chi connectivity index (χ3n) is 9.37. The third-order valence-corrected chi connectivity index (χ3v) is 9.37. The minimum absolute atomic E-state index is 0.0125. The Bertz CT molecular complexity index is 1610. The van der Waals surface area contributed by atoms with Crippen molar-refractivity contribution in [1.29, 1.82) is 0 Å². The van der Waals surface area contributed by atoms with Crippen LogP contribution in [0.5, 0.6) is 5.75 Å². The number of nitrogens with zero attached hydrogens (tertiary/aromatic N) is 1. The summed E-state index contributed by atoms with van der Waals surface area (Å²) >= 11 is 0. The first-order chi connectivity index (χ1) is 21.5. The van der Waals surface area contributed by atoms with Crippen molar-refractivity contribution >= 4 is 24.2 Å². The molecule has 4 aromatic rings. The molecular formula is C37H39BFNO5. The molecule has 1 amide bonds. The minimum Gasteiger partial charge on any atom is -0.489 e. The van der Waals surface area contributed by atoms with Crippen LogP contribution < -0.4 is 15.1 Å². The summed E-state index contributed by atoms with van der Waals surface area (Å²) in [5, 5.41) is 10.9. The first kappa shape index (κ1) is 31.0. The number of rotatable bonds is 10. The van der Waals surface area contributed by atoms with E-state index in [9.17, 15) is 14.3 Å². The van der Waals surface area contributed by atoms with Gasteiger partial charge in [-0.2, -0.15) is 0 Å². The number of anilines is 1. The van der Waals surface area contributed by atoms with Crippen LogP contribution in [0.4, 0.5) is 10.1 Å². The van der Waals surface area contributed by atoms with Crippen LogP contribution in [-0.2, 0) is 20.7 Å². The maximum absolute atomic E-state index is 13.8. The second-order valence-corrected chi connectivity index (χ2v) is 12.9. The second-order valence-electron chi connectivity index (χ2n) is 12.9. The number of aliphatic hydroxyl groups excluding tert-OH is 1. The van der Waals surface area contributed by atoms with E-state index >= 15 is 0 Å². The number of aliphatic hydroxyl groups is 1. The number of carbonyl (C=O) groups is 1. The van der Waals surface area contributed by atoms with Crippen LogP contribution in [0.1, 0.15) is 69.4 Å². The number of hydrogen-bond donors (Lipinski definition) is 1. The van der Waals surface area contributed by atoms with Gasteiger partial charge in [-0.15, -0.1) is 0 Å². The monoisotopic (exact) mass is 607 g/mol. The number of benzene rings is 4. The molecule has 6 nitrogen and oxygen atoms in total. The lowest BCUT2D eigenvalue weighted by atomic mass is 9.74. The summed E-state index contributed by atoms with van der Waals surface area (Å²) in [4.78, 5) is 15.6. The van der Waals surface area contributed by atoms with Gasteiger partial charge in [0.05, 0.1) is 29.3 Å². The number of ether oxygens (including phenoxy) is 1. The third kappa shape index (κ3) is 6.28. The molecule has 6 rings (SSSR count). The number of hydrogen-bond acceptors (Lipinski definition) is 5. The van der Waals surface area contributed by atoms with Crippen LogP contribution in [0.3, 0.4) is 0 Å². The SMILES string of the molecule is CC1(C)OB(c2ccc([C@@H]3[C@@H](CC[C@H](O)c4ccc(F)cc4)C(=O)N3c3ccccc3)c(OCc3ccccc3)c2)OC1(C)C. The van der Waals surface area contributed by atoms with Gasteiger partial charge in [0.1, 0.15) is 18.2 Å². The van der Waals surface area contributed by atoms with Crippen molar-refractivity contribution in [3.8, 4) is 5.75 Å². The standard InChI is InChI=1S/C37H39BFNO5/c1-36(2)37(3,4)45-38(44-36)27-17-20-30(33(23-27)43-24-25-11-7-5-8-12-25)34-31(35(42)40(34)29-13-9-6-10-14-29)21-22-32(41)26-15-18-28(39)19-16-26/h5-20,23,31-32,34,41H,21-22,24H2,1-4H3/t31-,32+,34-/m1/s1. The van der Waals surface area contributed by atoms with Crippen molar-refractivity contribution in [2.75, 3.05) is 4.90 Å². The van der Waals surface area contributed by atoms with Crippen LogP contribution in [0.15, 0.2) is 103 Å². The Kier molecular flexibility index (Phi) is 8.57. The zero-order chi connectivity index (χ0) is 31.8. The minimum atomic E-state index is -0.815. The molecule has 0 bridgehead atoms. The largest absolute Gasteiger partial charge is 0.494 e. The van der Waals surface area contributed by atoms with Crippen molar-refractivity contribution in [3.05, 3.63) is 126 Å². The van der Waals surface area contributed by atoms with Gasteiger partial charge in [0.2, 0.25) is 5.91 Å². The van der Waals surface area contributed by atoms with Crippen molar-refractivity contribution < 1.29 is 28.3 Å². The Balaban J connectivity index is 1.34. The fraction of sp³-hybridized carbons (Fsp3) is 0.324. The van der Waals surface area contributed by atoms with Crippen LogP contribution in [0, 0.1) is 11.7 Å². The molecule has 2 fully saturated rings. The molecule has 0 aliphatic carbocycles. The van der Waals surface area contributed by atoms with Gasteiger partial charge < -0.3 is 24.1 Å². The fourth-order valence-corrected chi connectivity index (χ4v) is 6.03. The molecule has 0 spiro atoms. The average Bonchev–Trinajstić information content (AvgIpc) is 3.26. The summed E-state index contributed by atoms with van der Waals surface area (Å²) in [6.07, 6.45) is -0.0139. The zero-order valence-electron chi connectivity index (χ0n) is 26.2.